The molecule has 1 aliphatic heterocycles. The standard InChI is InChI=1S/C16H28N4O2S.HI/c1-4-13-10-18-14(23-13)11-19-15(17-5-2)20-12-16(21-3)6-8-22-9-7-16;/h10H,4-9,11-12H2,1-3H3,(H2,17,19,20);1H. The number of methoxy groups -OCH3 is 1. The van der Waals surface area contributed by atoms with Gasteiger partial charge < -0.3 is 20.1 Å². The van der Waals surface area contributed by atoms with Gasteiger partial charge in [-0.05, 0) is 13.3 Å². The van der Waals surface area contributed by atoms with Gasteiger partial charge in [-0.15, -0.1) is 35.3 Å². The van der Waals surface area contributed by atoms with Crippen LogP contribution in [0.15, 0.2) is 11.2 Å². The van der Waals surface area contributed by atoms with Gasteiger partial charge in [-0.1, -0.05) is 6.92 Å². The number of thiazole rings is 1. The second-order valence-corrected chi connectivity index (χ2v) is 6.82. The van der Waals surface area contributed by atoms with Crippen LogP contribution in [-0.4, -0.2) is 50.0 Å². The molecule has 1 aliphatic rings. The van der Waals surface area contributed by atoms with E-state index in [2.05, 4.69) is 34.5 Å². The molecular formula is C16H29IN4O2S. The smallest absolute Gasteiger partial charge is 0.191 e. The van der Waals surface area contributed by atoms with Gasteiger partial charge in [0, 0.05) is 57.3 Å². The van der Waals surface area contributed by atoms with Gasteiger partial charge in [0.15, 0.2) is 5.96 Å². The fraction of sp³-hybridized carbons (Fsp3) is 0.750. The Morgan fingerprint density at radius 3 is 2.71 bits per heavy atom. The van der Waals surface area contributed by atoms with Gasteiger partial charge in [-0.25, -0.2) is 9.98 Å². The molecule has 0 unspecified atom stereocenters. The fourth-order valence-corrected chi connectivity index (χ4v) is 3.30. The van der Waals surface area contributed by atoms with Gasteiger partial charge in [-0.3, -0.25) is 0 Å². The number of nitrogens with one attached hydrogen (secondary N) is 2. The molecule has 24 heavy (non-hydrogen) atoms. The number of halogens is 1. The maximum Gasteiger partial charge on any atom is 0.191 e. The van der Waals surface area contributed by atoms with E-state index in [-0.39, 0.29) is 29.6 Å². The summed E-state index contributed by atoms with van der Waals surface area (Å²) in [6, 6.07) is 0. The number of hydrogen-bond acceptors (Lipinski definition) is 5. The van der Waals surface area contributed by atoms with Crippen molar-refractivity contribution >= 4 is 41.3 Å². The fourth-order valence-electron chi connectivity index (χ4n) is 2.51. The summed E-state index contributed by atoms with van der Waals surface area (Å²) in [4.78, 5) is 10.3. The Morgan fingerprint density at radius 1 is 1.38 bits per heavy atom. The van der Waals surface area contributed by atoms with Crippen molar-refractivity contribution < 1.29 is 9.47 Å². The van der Waals surface area contributed by atoms with Crippen molar-refractivity contribution in [3.05, 3.63) is 16.1 Å². The molecule has 2 N–H and O–H groups in total. The first-order chi connectivity index (χ1) is 11.2. The number of nitrogens with zero attached hydrogens (tertiary/aromatic N) is 2. The van der Waals surface area contributed by atoms with Crippen molar-refractivity contribution in [1.82, 2.24) is 15.6 Å². The lowest BCUT2D eigenvalue weighted by molar-refractivity contribution is -0.0855. The van der Waals surface area contributed by atoms with E-state index < -0.39 is 0 Å². The van der Waals surface area contributed by atoms with Crippen LogP contribution in [0.1, 0.15) is 36.6 Å². The number of rotatable bonds is 7. The van der Waals surface area contributed by atoms with Crippen LogP contribution >= 0.6 is 35.3 Å². The summed E-state index contributed by atoms with van der Waals surface area (Å²) in [7, 11) is 1.78. The second-order valence-electron chi connectivity index (χ2n) is 5.62. The molecule has 0 spiro atoms. The molecule has 0 saturated carbocycles. The molecule has 1 aromatic rings. The quantitative estimate of drug-likeness (QED) is 0.366. The van der Waals surface area contributed by atoms with Crippen LogP contribution in [0.4, 0.5) is 0 Å². The van der Waals surface area contributed by atoms with Crippen LogP contribution in [0.3, 0.4) is 0 Å². The molecular weight excluding hydrogens is 439 g/mol. The number of aromatic nitrogens is 1. The summed E-state index contributed by atoms with van der Waals surface area (Å²) in [5.74, 6) is 0.809. The van der Waals surface area contributed by atoms with Gasteiger partial charge in [0.05, 0.1) is 12.1 Å². The molecule has 1 saturated heterocycles. The molecule has 0 aromatic carbocycles. The molecule has 138 valence electrons. The maximum atomic E-state index is 5.75. The van der Waals surface area contributed by atoms with Crippen molar-refractivity contribution in [2.45, 2.75) is 45.3 Å². The monoisotopic (exact) mass is 468 g/mol. The molecule has 0 bridgehead atoms. The Labute approximate surface area is 165 Å². The van der Waals surface area contributed by atoms with E-state index in [1.54, 1.807) is 18.4 Å². The SMILES string of the molecule is CCNC(=NCc1ncc(CC)s1)NCC1(OC)CCOCC1.I. The van der Waals surface area contributed by atoms with Crippen LogP contribution < -0.4 is 10.6 Å². The summed E-state index contributed by atoms with van der Waals surface area (Å²) < 4.78 is 11.2. The molecule has 0 radical (unpaired) electrons. The highest BCUT2D eigenvalue weighted by Crippen LogP contribution is 2.23. The van der Waals surface area contributed by atoms with Crippen molar-refractivity contribution in [2.75, 3.05) is 33.4 Å². The van der Waals surface area contributed by atoms with Crippen molar-refractivity contribution in [2.24, 2.45) is 4.99 Å². The Bertz CT molecular complexity index is 504. The number of ether oxygens (including phenoxy) is 2. The van der Waals surface area contributed by atoms with Crippen LogP contribution in [0.25, 0.3) is 0 Å². The molecule has 8 heteroatoms. The lowest BCUT2D eigenvalue weighted by atomic mass is 9.94. The van der Waals surface area contributed by atoms with E-state index >= 15 is 0 Å². The molecule has 0 amide bonds. The maximum absolute atomic E-state index is 5.75. The molecule has 1 aromatic heterocycles. The van der Waals surface area contributed by atoms with Crippen LogP contribution in [0, 0.1) is 0 Å². The number of guanidine groups is 1. The van der Waals surface area contributed by atoms with Gasteiger partial charge >= 0.3 is 0 Å². The third-order valence-corrected chi connectivity index (χ3v) is 5.21. The predicted molar refractivity (Wildman–Crippen MR) is 110 cm³/mol. The summed E-state index contributed by atoms with van der Waals surface area (Å²) in [6.45, 7) is 7.87. The van der Waals surface area contributed by atoms with E-state index in [9.17, 15) is 0 Å². The van der Waals surface area contributed by atoms with Crippen LogP contribution in [0.5, 0.6) is 0 Å². The van der Waals surface area contributed by atoms with Crippen molar-refractivity contribution in [3.8, 4) is 0 Å². The average molecular weight is 468 g/mol. The van der Waals surface area contributed by atoms with Gasteiger partial charge in [0.2, 0.25) is 0 Å². The van der Waals surface area contributed by atoms with E-state index in [0.717, 1.165) is 56.5 Å². The van der Waals surface area contributed by atoms with Crippen LogP contribution in [0.2, 0.25) is 0 Å². The molecule has 6 nitrogen and oxygen atoms in total. The lowest BCUT2D eigenvalue weighted by Crippen LogP contribution is -2.50. The normalized spacial score (nSPS) is 17.2. The molecule has 0 atom stereocenters. The summed E-state index contributed by atoms with van der Waals surface area (Å²) in [6.07, 6.45) is 4.78. The Hall–Kier alpha value is -0.450. The van der Waals surface area contributed by atoms with E-state index in [1.165, 1.54) is 4.88 Å². The first kappa shape index (κ1) is 21.6. The minimum absolute atomic E-state index is 0. The van der Waals surface area contributed by atoms with Gasteiger partial charge in [0.1, 0.15) is 5.01 Å². The summed E-state index contributed by atoms with van der Waals surface area (Å²) >= 11 is 1.73. The molecule has 2 rings (SSSR count). The van der Waals surface area contributed by atoms with E-state index in [1.807, 2.05) is 6.20 Å². The first-order valence-electron chi connectivity index (χ1n) is 8.30. The van der Waals surface area contributed by atoms with Gasteiger partial charge in [0.25, 0.3) is 0 Å². The third kappa shape index (κ3) is 6.45. The largest absolute Gasteiger partial charge is 0.381 e. The Balaban J connectivity index is 0.00000288. The highest BCUT2D eigenvalue weighted by molar-refractivity contribution is 14.0. The van der Waals surface area contributed by atoms with Crippen molar-refractivity contribution in [1.29, 1.82) is 0 Å². The van der Waals surface area contributed by atoms with Crippen molar-refractivity contribution in [3.63, 3.8) is 0 Å². The highest BCUT2D eigenvalue weighted by atomic mass is 127. The highest BCUT2D eigenvalue weighted by Gasteiger charge is 2.32. The predicted octanol–water partition coefficient (Wildman–Crippen LogP) is 2.57. The number of aliphatic imine (C=N–C) groups is 1. The van der Waals surface area contributed by atoms with Crippen LogP contribution in [-0.2, 0) is 22.4 Å². The zero-order valence-electron chi connectivity index (χ0n) is 14.8. The number of aryl methyl sites for hydroxylation is 1. The summed E-state index contributed by atoms with van der Waals surface area (Å²) in [5, 5.41) is 7.74. The van der Waals surface area contributed by atoms with E-state index in [4.69, 9.17) is 9.47 Å². The zero-order valence-corrected chi connectivity index (χ0v) is 17.9. The minimum atomic E-state index is -0.162. The van der Waals surface area contributed by atoms with E-state index in [0.29, 0.717) is 6.54 Å². The molecule has 0 aliphatic carbocycles. The van der Waals surface area contributed by atoms with Gasteiger partial charge in [-0.2, -0.15) is 0 Å². The average Bonchev–Trinajstić information content (AvgIpc) is 3.06. The summed E-state index contributed by atoms with van der Waals surface area (Å²) in [5.41, 5.74) is -0.162. The first-order valence-corrected chi connectivity index (χ1v) is 9.11. The second kappa shape index (κ2) is 11.2. The Morgan fingerprint density at radius 2 is 2.12 bits per heavy atom. The number of hydrogen-bond donors (Lipinski definition) is 2. The minimum Gasteiger partial charge on any atom is -0.381 e. The zero-order chi connectivity index (χ0) is 16.5. The molecule has 1 fully saturated rings. The third-order valence-electron chi connectivity index (χ3n) is 4.08. The lowest BCUT2D eigenvalue weighted by Gasteiger charge is -2.36. The Kier molecular flexibility index (Phi) is 10.1. The molecule has 2 heterocycles. The topological polar surface area (TPSA) is 67.8 Å².